The van der Waals surface area contributed by atoms with Crippen LogP contribution in [-0.4, -0.2) is 45.9 Å². The third kappa shape index (κ3) is 5.88. The van der Waals surface area contributed by atoms with Crippen molar-refractivity contribution in [2.75, 3.05) is 6.54 Å². The first kappa shape index (κ1) is 24.9. The predicted octanol–water partition coefficient (Wildman–Crippen LogP) is 4.87. The fourth-order valence-corrected chi connectivity index (χ4v) is 6.25. The highest BCUT2D eigenvalue weighted by atomic mass is 16.5. The van der Waals surface area contributed by atoms with Gasteiger partial charge in [0.2, 0.25) is 5.89 Å². The summed E-state index contributed by atoms with van der Waals surface area (Å²) in [6.07, 6.45) is 16.7. The van der Waals surface area contributed by atoms with Crippen molar-refractivity contribution in [2.24, 2.45) is 17.8 Å². The van der Waals surface area contributed by atoms with Crippen LogP contribution in [0.5, 0.6) is 0 Å². The number of ether oxygens (including phenoxy) is 1. The molecule has 1 amide bonds. The number of carboxylic acids is 1. The summed E-state index contributed by atoms with van der Waals surface area (Å²) in [5.41, 5.74) is 0. The van der Waals surface area contributed by atoms with Crippen LogP contribution >= 0.6 is 0 Å². The molecule has 4 rings (SSSR count). The molecule has 1 saturated carbocycles. The number of unbranched alkanes of at least 4 members (excludes halogenated alkanes) is 1. The van der Waals surface area contributed by atoms with E-state index in [4.69, 9.17) is 9.26 Å². The second-order valence-corrected chi connectivity index (χ2v) is 10.2. The average molecular weight is 474 g/mol. The van der Waals surface area contributed by atoms with Gasteiger partial charge in [-0.2, -0.15) is 4.98 Å². The van der Waals surface area contributed by atoms with Gasteiger partial charge >= 0.3 is 5.97 Å². The molecule has 8 nitrogen and oxygen atoms in total. The molecule has 1 aromatic heterocycles. The Morgan fingerprint density at radius 2 is 1.94 bits per heavy atom. The van der Waals surface area contributed by atoms with Gasteiger partial charge in [-0.25, -0.2) is 0 Å². The molecule has 0 spiro atoms. The quantitative estimate of drug-likeness (QED) is 0.329. The van der Waals surface area contributed by atoms with Crippen LogP contribution < -0.4 is 5.32 Å². The number of aliphatic carboxylic acids is 1. The number of hydrogen-bond acceptors (Lipinski definition) is 6. The van der Waals surface area contributed by atoms with Gasteiger partial charge in [0.15, 0.2) is 0 Å². The summed E-state index contributed by atoms with van der Waals surface area (Å²) in [6, 6.07) is 0. The first-order valence-corrected chi connectivity index (χ1v) is 13.2. The van der Waals surface area contributed by atoms with Gasteiger partial charge in [0.05, 0.1) is 24.0 Å². The number of amides is 1. The van der Waals surface area contributed by atoms with Crippen LogP contribution in [0.4, 0.5) is 0 Å². The minimum atomic E-state index is -0.818. The number of carboxylic acid groups (broad SMARTS) is 1. The van der Waals surface area contributed by atoms with Crippen molar-refractivity contribution in [3.8, 4) is 0 Å². The van der Waals surface area contributed by atoms with Crippen LogP contribution in [0.15, 0.2) is 16.7 Å². The largest absolute Gasteiger partial charge is 0.481 e. The van der Waals surface area contributed by atoms with E-state index >= 15 is 0 Å². The summed E-state index contributed by atoms with van der Waals surface area (Å²) < 4.78 is 11.6. The third-order valence-electron chi connectivity index (χ3n) is 7.97. The molecule has 3 fully saturated rings. The molecule has 2 unspecified atom stereocenters. The number of allylic oxidation sites excluding steroid dienone is 2. The second kappa shape index (κ2) is 12.0. The molecule has 5 atom stereocenters. The molecule has 2 N–H and O–H groups in total. The van der Waals surface area contributed by atoms with Gasteiger partial charge in [0, 0.05) is 12.5 Å². The van der Waals surface area contributed by atoms with E-state index in [9.17, 15) is 14.7 Å². The molecule has 3 aliphatic rings. The maximum absolute atomic E-state index is 12.6. The SMILES string of the molecule is CC=CCC[C@H](C(=O)O)C1C(c2nc(C(=O)NCCCCC3CCCCC3)no2)[C@@H]2CC[C@H]1O2. The lowest BCUT2D eigenvalue weighted by atomic mass is 9.71. The van der Waals surface area contributed by atoms with Crippen LogP contribution in [0.3, 0.4) is 0 Å². The van der Waals surface area contributed by atoms with Crippen molar-refractivity contribution >= 4 is 11.9 Å². The topological polar surface area (TPSA) is 115 Å². The molecular formula is C26H39N3O5. The molecule has 0 radical (unpaired) electrons. The number of rotatable bonds is 12. The van der Waals surface area contributed by atoms with Gasteiger partial charge in [0.25, 0.3) is 11.7 Å². The van der Waals surface area contributed by atoms with Crippen molar-refractivity contribution in [2.45, 2.75) is 102 Å². The second-order valence-electron chi connectivity index (χ2n) is 10.2. The molecule has 1 aromatic rings. The van der Waals surface area contributed by atoms with Crippen molar-refractivity contribution in [1.29, 1.82) is 0 Å². The summed E-state index contributed by atoms with van der Waals surface area (Å²) in [5, 5.41) is 16.8. The zero-order chi connectivity index (χ0) is 23.9. The van der Waals surface area contributed by atoms with E-state index in [2.05, 4.69) is 15.5 Å². The minimum Gasteiger partial charge on any atom is -0.481 e. The van der Waals surface area contributed by atoms with Gasteiger partial charge in [-0.1, -0.05) is 62.3 Å². The van der Waals surface area contributed by atoms with E-state index in [0.29, 0.717) is 25.3 Å². The fourth-order valence-electron chi connectivity index (χ4n) is 6.25. The number of aromatic nitrogens is 2. The first-order valence-electron chi connectivity index (χ1n) is 13.2. The van der Waals surface area contributed by atoms with Crippen LogP contribution in [0.2, 0.25) is 0 Å². The summed E-state index contributed by atoms with van der Waals surface area (Å²) in [6.45, 7) is 2.53. The Hall–Kier alpha value is -2.22. The normalized spacial score (nSPS) is 27.9. The summed E-state index contributed by atoms with van der Waals surface area (Å²) >= 11 is 0. The maximum atomic E-state index is 12.6. The lowest BCUT2D eigenvalue weighted by Gasteiger charge is -2.30. The highest BCUT2D eigenvalue weighted by molar-refractivity contribution is 5.90. The first-order chi connectivity index (χ1) is 16.6. The van der Waals surface area contributed by atoms with E-state index in [1.165, 1.54) is 38.5 Å². The van der Waals surface area contributed by atoms with Gasteiger partial charge < -0.3 is 19.7 Å². The zero-order valence-electron chi connectivity index (χ0n) is 20.3. The van der Waals surface area contributed by atoms with E-state index < -0.39 is 11.9 Å². The number of nitrogens with one attached hydrogen (secondary N) is 1. The van der Waals surface area contributed by atoms with Crippen LogP contribution in [0.1, 0.15) is 106 Å². The van der Waals surface area contributed by atoms with Crippen molar-refractivity contribution in [3.63, 3.8) is 0 Å². The van der Waals surface area contributed by atoms with Crippen LogP contribution in [0.25, 0.3) is 0 Å². The Kier molecular flexibility index (Phi) is 8.75. The van der Waals surface area contributed by atoms with Gasteiger partial charge in [-0.05, 0) is 44.9 Å². The van der Waals surface area contributed by atoms with Crippen LogP contribution in [-0.2, 0) is 9.53 Å². The Morgan fingerprint density at radius 3 is 2.71 bits per heavy atom. The molecule has 1 aliphatic carbocycles. The molecule has 8 heteroatoms. The number of fused-ring (bicyclic) bond motifs is 2. The summed E-state index contributed by atoms with van der Waals surface area (Å²) in [5.74, 6) is -1.01. The molecule has 0 aromatic carbocycles. The Labute approximate surface area is 201 Å². The van der Waals surface area contributed by atoms with Gasteiger partial charge in [-0.3, -0.25) is 9.59 Å². The van der Waals surface area contributed by atoms with Gasteiger partial charge in [-0.15, -0.1) is 0 Å². The molecule has 34 heavy (non-hydrogen) atoms. The number of carbonyl (C=O) groups excluding carboxylic acids is 1. The number of carbonyl (C=O) groups is 2. The van der Waals surface area contributed by atoms with Gasteiger partial charge in [0.1, 0.15) is 0 Å². The zero-order valence-corrected chi connectivity index (χ0v) is 20.3. The predicted molar refractivity (Wildman–Crippen MR) is 126 cm³/mol. The molecule has 3 heterocycles. The van der Waals surface area contributed by atoms with E-state index in [1.54, 1.807) is 0 Å². The molecular weight excluding hydrogens is 434 g/mol. The van der Waals surface area contributed by atoms with Crippen molar-refractivity contribution in [1.82, 2.24) is 15.5 Å². The minimum absolute atomic E-state index is 0.0181. The third-order valence-corrected chi connectivity index (χ3v) is 7.97. The summed E-state index contributed by atoms with van der Waals surface area (Å²) in [4.78, 5) is 29.1. The molecule has 188 valence electrons. The Balaban J connectivity index is 1.32. The number of nitrogens with zero attached hydrogens (tertiary/aromatic N) is 2. The lowest BCUT2D eigenvalue weighted by Crippen LogP contribution is -2.36. The fraction of sp³-hybridized carbons (Fsp3) is 0.769. The standard InChI is InChI=1S/C26H39N3O5/c1-2-3-5-13-18(26(31)32)21-19-14-15-20(33-19)22(21)25-28-23(29-34-25)24(30)27-16-9-8-12-17-10-6-4-7-11-17/h2-3,17-22H,4-16H2,1H3,(H,27,30)(H,31,32)/t18-,19+,20-,21?,22?/m0/s1. The summed E-state index contributed by atoms with van der Waals surface area (Å²) in [7, 11) is 0. The van der Waals surface area contributed by atoms with Crippen molar-refractivity contribution < 1.29 is 24.0 Å². The Bertz CT molecular complexity index is 847. The molecule has 2 saturated heterocycles. The maximum Gasteiger partial charge on any atom is 0.306 e. The highest BCUT2D eigenvalue weighted by Crippen LogP contribution is 2.52. The molecule has 2 bridgehead atoms. The molecule has 2 aliphatic heterocycles. The highest BCUT2D eigenvalue weighted by Gasteiger charge is 2.56. The smallest absolute Gasteiger partial charge is 0.306 e. The lowest BCUT2D eigenvalue weighted by molar-refractivity contribution is -0.145. The van der Waals surface area contributed by atoms with Crippen LogP contribution in [0, 0.1) is 17.8 Å². The monoisotopic (exact) mass is 473 g/mol. The number of hydrogen-bond donors (Lipinski definition) is 2. The average Bonchev–Trinajstić information content (AvgIpc) is 3.58. The Morgan fingerprint density at radius 1 is 1.15 bits per heavy atom. The van der Waals surface area contributed by atoms with E-state index in [1.807, 2.05) is 19.1 Å². The van der Waals surface area contributed by atoms with E-state index in [-0.39, 0.29) is 35.8 Å². The van der Waals surface area contributed by atoms with Crippen molar-refractivity contribution in [3.05, 3.63) is 23.9 Å². The van der Waals surface area contributed by atoms with E-state index in [0.717, 1.165) is 31.6 Å².